The molecule has 1 rings (SSSR count). The fourth-order valence-corrected chi connectivity index (χ4v) is 1.81. The molecule has 0 aliphatic carbocycles. The third kappa shape index (κ3) is 5.27. The summed E-state index contributed by atoms with van der Waals surface area (Å²) in [7, 11) is 0. The van der Waals surface area contributed by atoms with Crippen molar-refractivity contribution in [1.29, 1.82) is 0 Å². The first-order valence-electron chi connectivity index (χ1n) is 5.72. The van der Waals surface area contributed by atoms with Crippen molar-refractivity contribution in [2.75, 3.05) is 26.3 Å². The van der Waals surface area contributed by atoms with Crippen LogP contribution in [0.5, 0.6) is 0 Å². The summed E-state index contributed by atoms with van der Waals surface area (Å²) >= 11 is 2.27. The van der Waals surface area contributed by atoms with Gasteiger partial charge in [-0.05, 0) is 49.4 Å². The lowest BCUT2D eigenvalue weighted by molar-refractivity contribution is 0.144. The number of rotatable bonds is 8. The monoisotopic (exact) mass is 337 g/mol. The Morgan fingerprint density at radius 1 is 1.62 bits per heavy atom. The average molecular weight is 337 g/mol. The van der Waals surface area contributed by atoms with Crippen molar-refractivity contribution in [2.45, 2.75) is 26.3 Å². The second-order valence-corrected chi connectivity index (χ2v) is 4.99. The Balaban J connectivity index is 2.09. The molecule has 1 unspecified atom stereocenters. The molecule has 0 radical (unpaired) electrons. The summed E-state index contributed by atoms with van der Waals surface area (Å²) in [6.45, 7) is 7.79. The number of nitrogens with one attached hydrogen (secondary N) is 1. The zero-order chi connectivity index (χ0) is 11.8. The van der Waals surface area contributed by atoms with Gasteiger partial charge in [-0.3, -0.25) is 4.68 Å². The van der Waals surface area contributed by atoms with E-state index in [0.717, 1.165) is 32.7 Å². The van der Waals surface area contributed by atoms with Crippen LogP contribution in [-0.2, 0) is 4.74 Å². The van der Waals surface area contributed by atoms with Gasteiger partial charge in [-0.25, -0.2) is 0 Å². The summed E-state index contributed by atoms with van der Waals surface area (Å²) in [5.74, 6) is 0. The molecular weight excluding hydrogens is 317 g/mol. The standard InChI is InChI=1S/C11H20IN3O/c1-3-16-6-4-5-13-7-10(2)15-9-11(12)8-14-15/h8-10,13H,3-7H2,1-2H3. The lowest BCUT2D eigenvalue weighted by Gasteiger charge is -2.13. The first-order chi connectivity index (χ1) is 7.74. The van der Waals surface area contributed by atoms with Crippen molar-refractivity contribution in [3.8, 4) is 0 Å². The molecule has 0 aliphatic rings. The minimum absolute atomic E-state index is 0.399. The minimum Gasteiger partial charge on any atom is -0.382 e. The highest BCUT2D eigenvalue weighted by Gasteiger charge is 2.04. The van der Waals surface area contributed by atoms with Crippen LogP contribution in [0.4, 0.5) is 0 Å². The summed E-state index contributed by atoms with van der Waals surface area (Å²) in [5.41, 5.74) is 0. The van der Waals surface area contributed by atoms with Gasteiger partial charge < -0.3 is 10.1 Å². The largest absolute Gasteiger partial charge is 0.382 e. The fraction of sp³-hybridized carbons (Fsp3) is 0.727. The summed E-state index contributed by atoms with van der Waals surface area (Å²) in [6, 6.07) is 0.399. The molecule has 1 aromatic heterocycles. The first-order valence-corrected chi connectivity index (χ1v) is 6.80. The van der Waals surface area contributed by atoms with Crippen LogP contribution in [0.25, 0.3) is 0 Å². The molecule has 92 valence electrons. The van der Waals surface area contributed by atoms with E-state index in [2.05, 4.69) is 46.1 Å². The van der Waals surface area contributed by atoms with Gasteiger partial charge in [-0.2, -0.15) is 5.10 Å². The van der Waals surface area contributed by atoms with Gasteiger partial charge in [-0.15, -0.1) is 0 Å². The number of aromatic nitrogens is 2. The second-order valence-electron chi connectivity index (χ2n) is 3.74. The van der Waals surface area contributed by atoms with Gasteiger partial charge in [0.05, 0.1) is 15.8 Å². The van der Waals surface area contributed by atoms with Crippen molar-refractivity contribution < 1.29 is 4.74 Å². The minimum atomic E-state index is 0.399. The fourth-order valence-electron chi connectivity index (χ4n) is 1.40. The summed E-state index contributed by atoms with van der Waals surface area (Å²) in [5, 5.41) is 7.70. The Hall–Kier alpha value is -0.140. The topological polar surface area (TPSA) is 39.1 Å². The Kier molecular flexibility index (Phi) is 6.98. The van der Waals surface area contributed by atoms with E-state index in [1.54, 1.807) is 0 Å². The molecule has 4 nitrogen and oxygen atoms in total. The molecule has 0 bridgehead atoms. The molecule has 0 amide bonds. The molecule has 0 aromatic carbocycles. The number of ether oxygens (including phenoxy) is 1. The molecule has 0 fully saturated rings. The maximum absolute atomic E-state index is 5.27. The number of halogens is 1. The molecule has 16 heavy (non-hydrogen) atoms. The van der Waals surface area contributed by atoms with E-state index in [9.17, 15) is 0 Å². The smallest absolute Gasteiger partial charge is 0.0623 e. The average Bonchev–Trinajstić information content (AvgIpc) is 2.70. The summed E-state index contributed by atoms with van der Waals surface area (Å²) in [6.07, 6.45) is 5.01. The third-order valence-corrected chi connectivity index (χ3v) is 2.86. The Morgan fingerprint density at radius 2 is 2.44 bits per heavy atom. The predicted molar refractivity (Wildman–Crippen MR) is 73.6 cm³/mol. The van der Waals surface area contributed by atoms with Crippen LogP contribution in [0.3, 0.4) is 0 Å². The van der Waals surface area contributed by atoms with Gasteiger partial charge in [0.1, 0.15) is 0 Å². The molecule has 1 N–H and O–H groups in total. The van der Waals surface area contributed by atoms with E-state index >= 15 is 0 Å². The molecule has 0 saturated carbocycles. The molecule has 0 spiro atoms. The molecule has 1 atom stereocenters. The lowest BCUT2D eigenvalue weighted by Crippen LogP contribution is -2.25. The highest BCUT2D eigenvalue weighted by molar-refractivity contribution is 14.1. The van der Waals surface area contributed by atoms with Gasteiger partial charge >= 0.3 is 0 Å². The summed E-state index contributed by atoms with van der Waals surface area (Å²) < 4.78 is 8.45. The zero-order valence-corrected chi connectivity index (χ0v) is 12.1. The highest BCUT2D eigenvalue weighted by atomic mass is 127. The molecule has 0 aliphatic heterocycles. The van der Waals surface area contributed by atoms with Crippen LogP contribution in [0.15, 0.2) is 12.4 Å². The van der Waals surface area contributed by atoms with Gasteiger partial charge in [0.2, 0.25) is 0 Å². The lowest BCUT2D eigenvalue weighted by atomic mass is 10.3. The zero-order valence-electron chi connectivity index (χ0n) is 9.95. The molecule has 5 heteroatoms. The van der Waals surface area contributed by atoms with Crippen LogP contribution in [-0.4, -0.2) is 36.1 Å². The van der Waals surface area contributed by atoms with Crippen molar-refractivity contribution in [1.82, 2.24) is 15.1 Å². The van der Waals surface area contributed by atoms with E-state index in [0.29, 0.717) is 6.04 Å². The van der Waals surface area contributed by atoms with Crippen molar-refractivity contribution in [3.63, 3.8) is 0 Å². The number of hydrogen-bond acceptors (Lipinski definition) is 3. The molecule has 1 aromatic rings. The molecular formula is C11H20IN3O. The Bertz CT molecular complexity index is 291. The van der Waals surface area contributed by atoms with E-state index in [1.807, 2.05) is 17.8 Å². The predicted octanol–water partition coefficient (Wildman–Crippen LogP) is 2.06. The molecule has 1 heterocycles. The van der Waals surface area contributed by atoms with Crippen LogP contribution in [0.1, 0.15) is 26.3 Å². The van der Waals surface area contributed by atoms with E-state index < -0.39 is 0 Å². The van der Waals surface area contributed by atoms with Crippen LogP contribution in [0, 0.1) is 3.57 Å². The summed E-state index contributed by atoms with van der Waals surface area (Å²) in [4.78, 5) is 0. The Morgan fingerprint density at radius 3 is 3.06 bits per heavy atom. The van der Waals surface area contributed by atoms with Gasteiger partial charge in [-0.1, -0.05) is 0 Å². The van der Waals surface area contributed by atoms with Gasteiger partial charge in [0.15, 0.2) is 0 Å². The molecule has 0 saturated heterocycles. The quantitative estimate of drug-likeness (QED) is 0.583. The second kappa shape index (κ2) is 8.03. The van der Waals surface area contributed by atoms with Crippen LogP contribution in [0.2, 0.25) is 0 Å². The first kappa shape index (κ1) is 13.9. The number of hydrogen-bond donors (Lipinski definition) is 1. The Labute approximate surface area is 111 Å². The normalized spacial score (nSPS) is 12.9. The highest BCUT2D eigenvalue weighted by Crippen LogP contribution is 2.07. The van der Waals surface area contributed by atoms with Gasteiger partial charge in [0, 0.05) is 26.0 Å². The van der Waals surface area contributed by atoms with Crippen LogP contribution >= 0.6 is 22.6 Å². The van der Waals surface area contributed by atoms with Crippen LogP contribution < -0.4 is 5.32 Å². The number of nitrogens with zero attached hydrogens (tertiary/aromatic N) is 2. The maximum atomic E-state index is 5.27. The maximum Gasteiger partial charge on any atom is 0.0623 e. The van der Waals surface area contributed by atoms with E-state index in [4.69, 9.17) is 4.74 Å². The van der Waals surface area contributed by atoms with E-state index in [-0.39, 0.29) is 0 Å². The van der Waals surface area contributed by atoms with E-state index in [1.165, 1.54) is 3.57 Å². The third-order valence-electron chi connectivity index (χ3n) is 2.31. The van der Waals surface area contributed by atoms with Gasteiger partial charge in [0.25, 0.3) is 0 Å². The SMILES string of the molecule is CCOCCCNCC(C)n1cc(I)cn1. The van der Waals surface area contributed by atoms with Crippen molar-refractivity contribution >= 4 is 22.6 Å². The van der Waals surface area contributed by atoms with Crippen molar-refractivity contribution in [2.24, 2.45) is 0 Å². The van der Waals surface area contributed by atoms with Crippen molar-refractivity contribution in [3.05, 3.63) is 16.0 Å².